The van der Waals surface area contributed by atoms with E-state index in [-0.39, 0.29) is 12.8 Å². The summed E-state index contributed by atoms with van der Waals surface area (Å²) in [6.07, 6.45) is 6.10. The first-order chi connectivity index (χ1) is 11.4. The van der Waals surface area contributed by atoms with Crippen LogP contribution >= 0.6 is 0 Å². The molecule has 2 fully saturated rings. The number of nitrogens with zero attached hydrogens (tertiary/aromatic N) is 5. The molecule has 130 valence electrons. The lowest BCUT2D eigenvalue weighted by atomic mass is 10.0. The Bertz CT molecular complexity index is 735. The van der Waals surface area contributed by atoms with Crippen molar-refractivity contribution in [1.82, 2.24) is 19.6 Å². The van der Waals surface area contributed by atoms with Crippen molar-refractivity contribution >= 4 is 11.6 Å². The van der Waals surface area contributed by atoms with E-state index < -0.39 is 5.92 Å². The lowest BCUT2D eigenvalue weighted by Crippen LogP contribution is -2.41. The third-order valence-corrected chi connectivity index (χ3v) is 5.21. The van der Waals surface area contributed by atoms with Gasteiger partial charge < -0.3 is 4.90 Å². The summed E-state index contributed by atoms with van der Waals surface area (Å²) in [4.78, 5) is 11.5. The maximum atomic E-state index is 13.1. The van der Waals surface area contributed by atoms with E-state index in [1.54, 1.807) is 4.52 Å². The van der Waals surface area contributed by atoms with Crippen LogP contribution in [0.4, 0.5) is 14.7 Å². The Balaban J connectivity index is 1.71. The van der Waals surface area contributed by atoms with Gasteiger partial charge in [0.15, 0.2) is 5.65 Å². The van der Waals surface area contributed by atoms with Crippen molar-refractivity contribution in [2.24, 2.45) is 0 Å². The van der Waals surface area contributed by atoms with Gasteiger partial charge in [-0.3, -0.25) is 0 Å². The van der Waals surface area contributed by atoms with Gasteiger partial charge >= 0.3 is 0 Å². The zero-order chi connectivity index (χ0) is 16.9. The minimum atomic E-state index is -2.67. The van der Waals surface area contributed by atoms with Crippen molar-refractivity contribution in [2.75, 3.05) is 4.90 Å². The van der Waals surface area contributed by atoms with E-state index in [2.05, 4.69) is 20.0 Å². The highest BCUT2D eigenvalue weighted by molar-refractivity contribution is 5.49. The predicted octanol–water partition coefficient (Wildman–Crippen LogP) is 3.54. The second kappa shape index (κ2) is 5.63. The van der Waals surface area contributed by atoms with Crippen LogP contribution in [0.5, 0.6) is 0 Å². The molecule has 2 atom stereocenters. The molecule has 4 rings (SSSR count). The van der Waals surface area contributed by atoms with Crippen molar-refractivity contribution in [3.63, 3.8) is 0 Å². The molecule has 0 aliphatic carbocycles. The number of halogens is 2. The Morgan fingerprint density at radius 2 is 1.88 bits per heavy atom. The zero-order valence-electron chi connectivity index (χ0n) is 14.2. The minimum Gasteiger partial charge on any atom is -0.335 e. The topological polar surface area (TPSA) is 46.3 Å². The molecule has 0 aromatic carbocycles. The van der Waals surface area contributed by atoms with Gasteiger partial charge in [0.05, 0.1) is 5.69 Å². The van der Waals surface area contributed by atoms with Crippen LogP contribution in [-0.2, 0) is 6.42 Å². The average Bonchev–Trinajstić information content (AvgIpc) is 3.01. The number of aryl methyl sites for hydroxylation is 2. The lowest BCUT2D eigenvalue weighted by Gasteiger charge is -2.35. The highest BCUT2D eigenvalue weighted by atomic mass is 19.3. The third kappa shape index (κ3) is 2.84. The molecule has 5 nitrogen and oxygen atoms in total. The van der Waals surface area contributed by atoms with Crippen LogP contribution in [0.25, 0.3) is 5.65 Å². The Labute approximate surface area is 140 Å². The standard InChI is InChI=1S/C17H23F2N5/c1-11-20-15-10-12(8-9-17(2,18)19)22-24(15)16(21-11)23-13-4-3-5-14(23)7-6-13/h10,13-14H,3-9H2,1-2H3/t13-,14?/m1/s1. The summed E-state index contributed by atoms with van der Waals surface area (Å²) >= 11 is 0. The van der Waals surface area contributed by atoms with Crippen LogP contribution in [0.2, 0.25) is 0 Å². The van der Waals surface area contributed by atoms with Crippen molar-refractivity contribution in [2.45, 2.75) is 76.8 Å². The van der Waals surface area contributed by atoms with E-state index in [0.29, 0.717) is 29.2 Å². The first kappa shape index (κ1) is 15.7. The van der Waals surface area contributed by atoms with Gasteiger partial charge in [0.1, 0.15) is 5.82 Å². The number of alkyl halides is 2. The summed E-state index contributed by atoms with van der Waals surface area (Å²) in [6.45, 7) is 2.83. The second-order valence-electron chi connectivity index (χ2n) is 7.27. The van der Waals surface area contributed by atoms with E-state index in [4.69, 9.17) is 0 Å². The monoisotopic (exact) mass is 335 g/mol. The summed E-state index contributed by atoms with van der Waals surface area (Å²) in [7, 11) is 0. The van der Waals surface area contributed by atoms with E-state index in [0.717, 1.165) is 12.9 Å². The number of hydrogen-bond donors (Lipinski definition) is 0. The van der Waals surface area contributed by atoms with Crippen LogP contribution in [0.3, 0.4) is 0 Å². The van der Waals surface area contributed by atoms with Crippen molar-refractivity contribution in [3.8, 4) is 0 Å². The highest BCUT2D eigenvalue weighted by Gasteiger charge is 2.38. The molecular formula is C17H23F2N5. The van der Waals surface area contributed by atoms with Gasteiger partial charge in [-0.05, 0) is 52.4 Å². The lowest BCUT2D eigenvalue weighted by molar-refractivity contribution is 0.0130. The van der Waals surface area contributed by atoms with Crippen molar-refractivity contribution < 1.29 is 8.78 Å². The number of fused-ring (bicyclic) bond motifs is 3. The van der Waals surface area contributed by atoms with Gasteiger partial charge in [-0.15, -0.1) is 0 Å². The molecule has 0 spiro atoms. The van der Waals surface area contributed by atoms with Crippen LogP contribution < -0.4 is 4.90 Å². The number of anilines is 1. The van der Waals surface area contributed by atoms with Crippen LogP contribution in [-0.4, -0.2) is 37.6 Å². The van der Waals surface area contributed by atoms with Crippen LogP contribution in [0.1, 0.15) is 57.0 Å². The molecule has 7 heteroatoms. The number of rotatable bonds is 4. The number of piperidine rings is 1. The Kier molecular flexibility index (Phi) is 3.69. The third-order valence-electron chi connectivity index (χ3n) is 5.21. The number of hydrogen-bond acceptors (Lipinski definition) is 4. The average molecular weight is 335 g/mol. The summed E-state index contributed by atoms with van der Waals surface area (Å²) in [5.74, 6) is -1.14. The van der Waals surface area contributed by atoms with Crippen molar-refractivity contribution in [3.05, 3.63) is 17.6 Å². The highest BCUT2D eigenvalue weighted by Crippen LogP contribution is 2.38. The Morgan fingerprint density at radius 1 is 1.17 bits per heavy atom. The minimum absolute atomic E-state index is 0.201. The summed E-state index contributed by atoms with van der Waals surface area (Å²) in [6, 6.07) is 2.86. The number of aromatic nitrogens is 4. The quantitative estimate of drug-likeness (QED) is 0.857. The Morgan fingerprint density at radius 3 is 2.54 bits per heavy atom. The van der Waals surface area contributed by atoms with Gasteiger partial charge in [0, 0.05) is 24.6 Å². The predicted molar refractivity (Wildman–Crippen MR) is 87.6 cm³/mol. The van der Waals surface area contributed by atoms with E-state index >= 15 is 0 Å². The van der Waals surface area contributed by atoms with Gasteiger partial charge in [-0.25, -0.2) is 13.8 Å². The maximum Gasteiger partial charge on any atom is 0.245 e. The normalized spacial score (nSPS) is 24.1. The summed E-state index contributed by atoms with van der Waals surface area (Å²) in [5, 5.41) is 4.55. The Hall–Kier alpha value is -1.79. The molecule has 4 heterocycles. The molecule has 24 heavy (non-hydrogen) atoms. The molecule has 2 saturated heterocycles. The maximum absolute atomic E-state index is 13.1. The molecule has 0 radical (unpaired) electrons. The van der Waals surface area contributed by atoms with E-state index in [9.17, 15) is 8.78 Å². The molecule has 2 aromatic heterocycles. The fourth-order valence-electron chi connectivity index (χ4n) is 4.11. The van der Waals surface area contributed by atoms with Crippen LogP contribution in [0, 0.1) is 6.92 Å². The van der Waals surface area contributed by atoms with Gasteiger partial charge in [0.2, 0.25) is 11.9 Å². The summed E-state index contributed by atoms with van der Waals surface area (Å²) < 4.78 is 28.0. The first-order valence-electron chi connectivity index (χ1n) is 8.80. The molecular weight excluding hydrogens is 312 g/mol. The van der Waals surface area contributed by atoms with Gasteiger partial charge in [0.25, 0.3) is 0 Å². The first-order valence-corrected chi connectivity index (χ1v) is 8.80. The van der Waals surface area contributed by atoms with Gasteiger partial charge in [-0.2, -0.15) is 14.6 Å². The zero-order valence-corrected chi connectivity index (χ0v) is 14.2. The molecule has 0 N–H and O–H groups in total. The fraction of sp³-hybridized carbons (Fsp3) is 0.706. The molecule has 2 aliphatic rings. The molecule has 0 amide bonds. The van der Waals surface area contributed by atoms with Gasteiger partial charge in [-0.1, -0.05) is 0 Å². The van der Waals surface area contributed by atoms with Crippen molar-refractivity contribution in [1.29, 1.82) is 0 Å². The molecule has 2 aliphatic heterocycles. The van der Waals surface area contributed by atoms with Crippen LogP contribution in [0.15, 0.2) is 6.07 Å². The molecule has 0 saturated carbocycles. The molecule has 1 unspecified atom stereocenters. The molecule has 2 aromatic rings. The summed E-state index contributed by atoms with van der Waals surface area (Å²) in [5.41, 5.74) is 1.36. The fourth-order valence-corrected chi connectivity index (χ4v) is 4.11. The largest absolute Gasteiger partial charge is 0.335 e. The SMILES string of the molecule is Cc1nc(N2C3CCC[C@@H]2CC3)n2nc(CCC(C)(F)F)cc2n1. The van der Waals surface area contributed by atoms with E-state index in [1.807, 2.05) is 13.0 Å². The second-order valence-corrected chi connectivity index (χ2v) is 7.27. The molecule has 2 bridgehead atoms. The smallest absolute Gasteiger partial charge is 0.245 e. The van der Waals surface area contributed by atoms with E-state index in [1.165, 1.54) is 32.1 Å².